The summed E-state index contributed by atoms with van der Waals surface area (Å²) in [6.07, 6.45) is -4.61. The first-order chi connectivity index (χ1) is 9.25. The summed E-state index contributed by atoms with van der Waals surface area (Å²) in [6, 6.07) is 3.67. The van der Waals surface area contributed by atoms with Gasteiger partial charge in [-0.3, -0.25) is 4.84 Å². The highest BCUT2D eigenvalue weighted by Gasteiger charge is 2.35. The van der Waals surface area contributed by atoms with Gasteiger partial charge < -0.3 is 0 Å². The molecular weight excluding hydrogens is 297 g/mol. The monoisotopic (exact) mass is 310 g/mol. The fourth-order valence-corrected chi connectivity index (χ4v) is 3.54. The Morgan fingerprint density at radius 2 is 2.05 bits per heavy atom. The second kappa shape index (κ2) is 5.32. The fourth-order valence-electron chi connectivity index (χ4n) is 2.01. The normalized spacial score (nSPS) is 21.3. The zero-order valence-electron chi connectivity index (χ0n) is 10.3. The number of sulfonamides is 1. The van der Waals surface area contributed by atoms with Crippen LogP contribution in [0, 0.1) is 0 Å². The van der Waals surface area contributed by atoms with Gasteiger partial charge in [0, 0.05) is 13.1 Å². The van der Waals surface area contributed by atoms with Crippen LogP contribution in [0.1, 0.15) is 12.0 Å². The molecule has 1 aliphatic heterocycles. The smallest absolute Gasteiger partial charge is 0.300 e. The molecule has 2 N–H and O–H groups in total. The lowest BCUT2D eigenvalue weighted by atomic mass is 10.2. The standard InChI is InChI=1S/C11H13F3N2O3S/c12-11(13,14)8-2-1-3-10(6-8)20(17,18)16-5-4-9(7-16)19-15/h1-3,6,9H,4-5,7,15H2. The Labute approximate surface area is 114 Å². The molecule has 1 aromatic carbocycles. The van der Waals surface area contributed by atoms with E-state index in [1.54, 1.807) is 0 Å². The highest BCUT2D eigenvalue weighted by Crippen LogP contribution is 2.31. The predicted octanol–water partition coefficient (Wildman–Crippen LogP) is 1.36. The van der Waals surface area contributed by atoms with Crippen LogP contribution in [0.5, 0.6) is 0 Å². The van der Waals surface area contributed by atoms with Crippen molar-refractivity contribution in [1.29, 1.82) is 0 Å². The van der Waals surface area contributed by atoms with Crippen LogP contribution >= 0.6 is 0 Å². The van der Waals surface area contributed by atoms with Gasteiger partial charge in [-0.15, -0.1) is 0 Å². The molecule has 9 heteroatoms. The van der Waals surface area contributed by atoms with Crippen molar-refractivity contribution in [3.63, 3.8) is 0 Å². The van der Waals surface area contributed by atoms with E-state index in [2.05, 4.69) is 4.84 Å². The molecule has 1 aromatic rings. The zero-order valence-corrected chi connectivity index (χ0v) is 11.1. The Morgan fingerprint density at radius 3 is 2.60 bits per heavy atom. The number of hydrogen-bond acceptors (Lipinski definition) is 4. The summed E-state index contributed by atoms with van der Waals surface area (Å²) in [5.41, 5.74) is -0.996. The Kier molecular flexibility index (Phi) is 4.05. The van der Waals surface area contributed by atoms with Crippen molar-refractivity contribution in [3.05, 3.63) is 29.8 Å². The topological polar surface area (TPSA) is 72.6 Å². The minimum atomic E-state index is -4.58. The molecule has 0 aromatic heterocycles. The van der Waals surface area contributed by atoms with E-state index in [1.165, 1.54) is 0 Å². The molecule has 0 amide bonds. The molecule has 0 bridgehead atoms. The molecule has 2 rings (SSSR count). The van der Waals surface area contributed by atoms with E-state index in [-0.39, 0.29) is 18.0 Å². The number of halogens is 3. The summed E-state index contributed by atoms with van der Waals surface area (Å²) in [5.74, 6) is 4.99. The molecule has 1 aliphatic rings. The lowest BCUT2D eigenvalue weighted by Crippen LogP contribution is -2.31. The summed E-state index contributed by atoms with van der Waals surface area (Å²) in [4.78, 5) is 4.18. The van der Waals surface area contributed by atoms with Crippen molar-refractivity contribution in [1.82, 2.24) is 4.31 Å². The SMILES string of the molecule is NOC1CCN(S(=O)(=O)c2cccc(C(F)(F)F)c2)C1. The Hall–Kier alpha value is -1.16. The van der Waals surface area contributed by atoms with Crippen molar-refractivity contribution in [2.75, 3.05) is 13.1 Å². The van der Waals surface area contributed by atoms with Crippen molar-refractivity contribution in [2.24, 2.45) is 5.90 Å². The number of benzene rings is 1. The van der Waals surface area contributed by atoms with E-state index in [9.17, 15) is 21.6 Å². The number of nitrogens with two attached hydrogens (primary N) is 1. The van der Waals surface area contributed by atoms with E-state index in [0.717, 1.165) is 22.5 Å². The number of hydrogen-bond donors (Lipinski definition) is 1. The Bertz CT molecular complexity index is 589. The molecule has 0 aliphatic carbocycles. The first kappa shape index (κ1) is 15.2. The van der Waals surface area contributed by atoms with Crippen LogP contribution in [0.4, 0.5) is 13.2 Å². The average molecular weight is 310 g/mol. The lowest BCUT2D eigenvalue weighted by molar-refractivity contribution is -0.137. The highest BCUT2D eigenvalue weighted by atomic mass is 32.2. The molecule has 1 atom stereocenters. The summed E-state index contributed by atoms with van der Waals surface area (Å²) in [5, 5.41) is 0. The van der Waals surface area contributed by atoms with Gasteiger partial charge in [-0.25, -0.2) is 14.3 Å². The van der Waals surface area contributed by atoms with Crippen LogP contribution in [-0.4, -0.2) is 31.9 Å². The molecule has 112 valence electrons. The summed E-state index contributed by atoms with van der Waals surface area (Å²) < 4.78 is 63.4. The first-order valence-corrected chi connectivity index (χ1v) is 7.22. The molecular formula is C11H13F3N2O3S. The van der Waals surface area contributed by atoms with Crippen LogP contribution in [0.25, 0.3) is 0 Å². The molecule has 5 nitrogen and oxygen atoms in total. The minimum absolute atomic E-state index is 0.0368. The van der Waals surface area contributed by atoms with Gasteiger partial charge in [0.2, 0.25) is 10.0 Å². The lowest BCUT2D eigenvalue weighted by Gasteiger charge is -2.17. The van der Waals surface area contributed by atoms with Crippen LogP contribution in [-0.2, 0) is 21.0 Å². The van der Waals surface area contributed by atoms with E-state index in [4.69, 9.17) is 5.90 Å². The van der Waals surface area contributed by atoms with Gasteiger partial charge in [-0.1, -0.05) is 6.07 Å². The third kappa shape index (κ3) is 2.95. The molecule has 1 heterocycles. The summed E-state index contributed by atoms with van der Waals surface area (Å²) >= 11 is 0. The van der Waals surface area contributed by atoms with Gasteiger partial charge in [-0.05, 0) is 24.6 Å². The van der Waals surface area contributed by atoms with Crippen molar-refractivity contribution < 1.29 is 26.4 Å². The van der Waals surface area contributed by atoms with Crippen molar-refractivity contribution >= 4 is 10.0 Å². The Morgan fingerprint density at radius 1 is 1.35 bits per heavy atom. The summed E-state index contributed by atoms with van der Waals surface area (Å²) in [7, 11) is -3.97. The summed E-state index contributed by atoms with van der Waals surface area (Å²) in [6.45, 7) is 0.204. The largest absolute Gasteiger partial charge is 0.416 e. The van der Waals surface area contributed by atoms with Crippen LogP contribution in [0.2, 0.25) is 0 Å². The van der Waals surface area contributed by atoms with E-state index < -0.39 is 27.9 Å². The van der Waals surface area contributed by atoms with Crippen LogP contribution < -0.4 is 5.90 Å². The highest BCUT2D eigenvalue weighted by molar-refractivity contribution is 7.89. The third-order valence-corrected chi connectivity index (χ3v) is 4.96. The van der Waals surface area contributed by atoms with Crippen molar-refractivity contribution in [2.45, 2.75) is 23.6 Å². The second-order valence-corrected chi connectivity index (χ2v) is 6.37. The number of rotatable bonds is 3. The molecule has 0 radical (unpaired) electrons. The Balaban J connectivity index is 2.31. The van der Waals surface area contributed by atoms with Crippen LogP contribution in [0.3, 0.4) is 0 Å². The maximum absolute atomic E-state index is 12.6. The van der Waals surface area contributed by atoms with Gasteiger partial charge in [0.05, 0.1) is 16.6 Å². The molecule has 1 unspecified atom stereocenters. The van der Waals surface area contributed by atoms with Gasteiger partial charge in [-0.2, -0.15) is 17.5 Å². The van der Waals surface area contributed by atoms with E-state index in [0.29, 0.717) is 12.5 Å². The molecule has 20 heavy (non-hydrogen) atoms. The molecule has 0 spiro atoms. The molecule has 0 saturated carbocycles. The number of nitrogens with zero attached hydrogens (tertiary/aromatic N) is 1. The maximum Gasteiger partial charge on any atom is 0.416 e. The van der Waals surface area contributed by atoms with Gasteiger partial charge in [0.15, 0.2) is 0 Å². The van der Waals surface area contributed by atoms with Gasteiger partial charge in [0.1, 0.15) is 0 Å². The third-order valence-electron chi connectivity index (χ3n) is 3.10. The predicted molar refractivity (Wildman–Crippen MR) is 63.9 cm³/mol. The van der Waals surface area contributed by atoms with Crippen LogP contribution in [0.15, 0.2) is 29.2 Å². The van der Waals surface area contributed by atoms with Gasteiger partial charge in [0.25, 0.3) is 0 Å². The van der Waals surface area contributed by atoms with Crippen molar-refractivity contribution in [3.8, 4) is 0 Å². The van der Waals surface area contributed by atoms with Gasteiger partial charge >= 0.3 is 6.18 Å². The van der Waals surface area contributed by atoms with E-state index >= 15 is 0 Å². The second-order valence-electron chi connectivity index (χ2n) is 4.44. The number of alkyl halides is 3. The quantitative estimate of drug-likeness (QED) is 0.856. The molecule has 1 saturated heterocycles. The molecule has 1 fully saturated rings. The maximum atomic E-state index is 12.6. The average Bonchev–Trinajstić information content (AvgIpc) is 2.87. The zero-order chi connectivity index (χ0) is 15.0. The fraction of sp³-hybridized carbons (Fsp3) is 0.455. The first-order valence-electron chi connectivity index (χ1n) is 5.78. The minimum Gasteiger partial charge on any atom is -0.300 e. The van der Waals surface area contributed by atoms with E-state index in [1.807, 2.05) is 0 Å².